The van der Waals surface area contributed by atoms with Gasteiger partial charge in [0, 0.05) is 32.7 Å². The molecule has 2 aromatic carbocycles. The van der Waals surface area contributed by atoms with Crippen molar-refractivity contribution in [1.82, 2.24) is 15.1 Å². The van der Waals surface area contributed by atoms with Gasteiger partial charge in [-0.3, -0.25) is 15.0 Å². The number of carbonyl (C=O) groups is 1. The molecule has 1 heterocycles. The molecule has 0 radical (unpaired) electrons. The van der Waals surface area contributed by atoms with E-state index >= 15 is 0 Å². The zero-order valence-electron chi connectivity index (χ0n) is 15.2. The number of nitrogens with one attached hydrogen (secondary N) is 1. The summed E-state index contributed by atoms with van der Waals surface area (Å²) < 4.78 is 5.19. The Balaban J connectivity index is 1.48. The van der Waals surface area contributed by atoms with E-state index in [2.05, 4.69) is 22.3 Å². The van der Waals surface area contributed by atoms with E-state index in [9.17, 15) is 4.79 Å². The van der Waals surface area contributed by atoms with E-state index in [1.165, 1.54) is 5.56 Å². The fourth-order valence-corrected chi connectivity index (χ4v) is 3.48. The van der Waals surface area contributed by atoms with Gasteiger partial charge >= 0.3 is 0 Å². The van der Waals surface area contributed by atoms with E-state index in [0.717, 1.165) is 38.5 Å². The van der Waals surface area contributed by atoms with Gasteiger partial charge in [-0.25, -0.2) is 0 Å². The monoisotopic (exact) mass is 403 g/mol. The molecule has 0 spiro atoms. The third-order valence-corrected chi connectivity index (χ3v) is 5.25. The molecule has 27 heavy (non-hydrogen) atoms. The van der Waals surface area contributed by atoms with Crippen LogP contribution < -0.4 is 10.1 Å². The number of nitrogens with zero attached hydrogens (tertiary/aromatic N) is 2. The van der Waals surface area contributed by atoms with Crippen LogP contribution in [-0.2, 0) is 6.54 Å². The topological polar surface area (TPSA) is 44.8 Å². The number of methoxy groups -OCH3 is 1. The summed E-state index contributed by atoms with van der Waals surface area (Å²) in [6, 6.07) is 15.1. The van der Waals surface area contributed by atoms with Crippen LogP contribution in [0.5, 0.6) is 5.75 Å². The number of ether oxygens (including phenoxy) is 1. The van der Waals surface area contributed by atoms with Gasteiger partial charge in [-0.2, -0.15) is 0 Å². The lowest BCUT2D eigenvalue weighted by molar-refractivity contribution is 0.0969. The van der Waals surface area contributed by atoms with Crippen molar-refractivity contribution in [3.05, 3.63) is 64.7 Å². The van der Waals surface area contributed by atoms with E-state index < -0.39 is 0 Å². The summed E-state index contributed by atoms with van der Waals surface area (Å²) in [7, 11) is 1.67. The lowest BCUT2D eigenvalue weighted by Crippen LogP contribution is -2.52. The van der Waals surface area contributed by atoms with Crippen molar-refractivity contribution in [2.45, 2.75) is 6.54 Å². The predicted molar refractivity (Wildman–Crippen MR) is 111 cm³/mol. The Hall–Kier alpha value is -2.15. The summed E-state index contributed by atoms with van der Waals surface area (Å²) in [6.45, 7) is 4.20. The third-order valence-electron chi connectivity index (χ3n) is 4.56. The highest BCUT2D eigenvalue weighted by Crippen LogP contribution is 2.16. The Bertz CT molecular complexity index is 805. The van der Waals surface area contributed by atoms with E-state index in [4.69, 9.17) is 28.6 Å². The molecule has 0 atom stereocenters. The normalized spacial score (nSPS) is 14.7. The van der Waals surface area contributed by atoms with Gasteiger partial charge < -0.3 is 9.64 Å². The van der Waals surface area contributed by atoms with Crippen LogP contribution in [-0.4, -0.2) is 54.1 Å². The number of carbonyl (C=O) groups excluding carboxylic acids is 1. The van der Waals surface area contributed by atoms with E-state index in [1.807, 2.05) is 17.0 Å². The van der Waals surface area contributed by atoms with Crippen LogP contribution in [0.3, 0.4) is 0 Å². The molecule has 0 unspecified atom stereocenters. The van der Waals surface area contributed by atoms with Crippen LogP contribution in [0.2, 0.25) is 5.02 Å². The fourth-order valence-electron chi connectivity index (χ4n) is 2.99. The highest BCUT2D eigenvalue weighted by molar-refractivity contribution is 7.80. The van der Waals surface area contributed by atoms with Crippen LogP contribution in [0.1, 0.15) is 15.9 Å². The molecule has 0 aromatic heterocycles. The Morgan fingerprint density at radius 1 is 1.11 bits per heavy atom. The first-order valence-electron chi connectivity index (χ1n) is 8.77. The van der Waals surface area contributed by atoms with Gasteiger partial charge in [0.15, 0.2) is 5.11 Å². The van der Waals surface area contributed by atoms with Gasteiger partial charge in [0.25, 0.3) is 5.91 Å². The highest BCUT2D eigenvalue weighted by Gasteiger charge is 2.21. The summed E-state index contributed by atoms with van der Waals surface area (Å²) in [4.78, 5) is 16.7. The van der Waals surface area contributed by atoms with Crippen LogP contribution in [0.25, 0.3) is 0 Å². The van der Waals surface area contributed by atoms with Crippen LogP contribution in [0, 0.1) is 0 Å². The van der Waals surface area contributed by atoms with Crippen molar-refractivity contribution in [2.24, 2.45) is 0 Å². The molecule has 0 bridgehead atoms. The number of benzene rings is 2. The van der Waals surface area contributed by atoms with Gasteiger partial charge in [0.05, 0.1) is 17.7 Å². The molecular weight excluding hydrogens is 382 g/mol. The molecule has 1 amide bonds. The Labute approximate surface area is 169 Å². The maximum Gasteiger partial charge on any atom is 0.258 e. The SMILES string of the molecule is COc1ccc(CN2CCN(C(=S)NC(=O)c3ccccc3Cl)CC2)cc1. The Morgan fingerprint density at radius 2 is 1.78 bits per heavy atom. The average molecular weight is 404 g/mol. The molecule has 0 saturated carbocycles. The van der Waals surface area contributed by atoms with Crippen molar-refractivity contribution in [3.8, 4) is 5.75 Å². The highest BCUT2D eigenvalue weighted by atomic mass is 35.5. The lowest BCUT2D eigenvalue weighted by atomic mass is 10.2. The van der Waals surface area contributed by atoms with E-state index in [1.54, 1.807) is 31.4 Å². The summed E-state index contributed by atoms with van der Waals surface area (Å²) in [5, 5.41) is 3.65. The molecule has 1 aliphatic rings. The van der Waals surface area contributed by atoms with Crippen molar-refractivity contribution in [2.75, 3.05) is 33.3 Å². The second kappa shape index (κ2) is 9.17. The maximum atomic E-state index is 12.3. The molecule has 7 heteroatoms. The van der Waals surface area contributed by atoms with Crippen LogP contribution >= 0.6 is 23.8 Å². The van der Waals surface area contributed by atoms with Crippen LogP contribution in [0.4, 0.5) is 0 Å². The number of halogens is 1. The summed E-state index contributed by atoms with van der Waals surface area (Å²) in [5.41, 5.74) is 1.68. The maximum absolute atomic E-state index is 12.3. The van der Waals surface area contributed by atoms with Crippen molar-refractivity contribution < 1.29 is 9.53 Å². The molecule has 1 aliphatic heterocycles. The van der Waals surface area contributed by atoms with Gasteiger partial charge in [-0.05, 0) is 42.0 Å². The average Bonchev–Trinajstić information content (AvgIpc) is 2.69. The fraction of sp³-hybridized carbons (Fsp3) is 0.300. The van der Waals surface area contributed by atoms with Crippen molar-refractivity contribution >= 4 is 34.8 Å². The number of thiocarbonyl (C=S) groups is 1. The number of amides is 1. The van der Waals surface area contributed by atoms with Crippen molar-refractivity contribution in [3.63, 3.8) is 0 Å². The summed E-state index contributed by atoms with van der Waals surface area (Å²) in [6.07, 6.45) is 0. The summed E-state index contributed by atoms with van der Waals surface area (Å²) >= 11 is 11.5. The summed E-state index contributed by atoms with van der Waals surface area (Å²) in [5.74, 6) is 0.592. The predicted octanol–water partition coefficient (Wildman–Crippen LogP) is 3.18. The smallest absolute Gasteiger partial charge is 0.258 e. The first-order valence-corrected chi connectivity index (χ1v) is 9.55. The van der Waals surface area contributed by atoms with Gasteiger partial charge in [0.1, 0.15) is 5.75 Å². The molecule has 1 fully saturated rings. The van der Waals surface area contributed by atoms with Gasteiger partial charge in [0.2, 0.25) is 0 Å². The first-order chi connectivity index (χ1) is 13.1. The second-order valence-electron chi connectivity index (χ2n) is 6.35. The third kappa shape index (κ3) is 5.19. The number of hydrogen-bond donors (Lipinski definition) is 1. The van der Waals surface area contributed by atoms with Crippen molar-refractivity contribution in [1.29, 1.82) is 0 Å². The number of piperazine rings is 1. The zero-order valence-corrected chi connectivity index (χ0v) is 16.7. The minimum Gasteiger partial charge on any atom is -0.497 e. The van der Waals surface area contributed by atoms with E-state index in [0.29, 0.717) is 15.7 Å². The molecule has 0 aliphatic carbocycles. The van der Waals surface area contributed by atoms with Crippen LogP contribution in [0.15, 0.2) is 48.5 Å². The second-order valence-corrected chi connectivity index (χ2v) is 7.14. The Morgan fingerprint density at radius 3 is 2.41 bits per heavy atom. The molecular formula is C20H22ClN3O2S. The molecule has 5 nitrogen and oxygen atoms in total. The minimum absolute atomic E-state index is 0.272. The zero-order chi connectivity index (χ0) is 19.2. The minimum atomic E-state index is -0.272. The first kappa shape index (κ1) is 19.6. The quantitative estimate of drug-likeness (QED) is 0.794. The van der Waals surface area contributed by atoms with E-state index in [-0.39, 0.29) is 5.91 Å². The molecule has 2 aromatic rings. The molecule has 1 saturated heterocycles. The van der Waals surface area contributed by atoms with Gasteiger partial charge in [-0.15, -0.1) is 0 Å². The number of hydrogen-bond acceptors (Lipinski definition) is 4. The lowest BCUT2D eigenvalue weighted by Gasteiger charge is -2.36. The number of rotatable bonds is 4. The largest absolute Gasteiger partial charge is 0.497 e. The Kier molecular flexibility index (Phi) is 6.66. The molecule has 3 rings (SSSR count). The molecule has 1 N–H and O–H groups in total. The standard InChI is InChI=1S/C20H22ClN3O2S/c1-26-16-8-6-15(7-9-16)14-23-10-12-24(13-11-23)20(27)22-19(25)17-4-2-3-5-18(17)21/h2-9H,10-14H2,1H3,(H,22,25,27). The van der Waals surface area contributed by atoms with Gasteiger partial charge in [-0.1, -0.05) is 35.9 Å². The molecule has 142 valence electrons.